The maximum atomic E-state index is 11.0. The van der Waals surface area contributed by atoms with E-state index >= 15 is 0 Å². The molecule has 0 saturated carbocycles. The number of carboxylic acid groups (broad SMARTS) is 1. The molecule has 0 atom stereocenters. The van der Waals surface area contributed by atoms with Crippen molar-refractivity contribution in [1.82, 2.24) is 0 Å². The van der Waals surface area contributed by atoms with Gasteiger partial charge in [0.05, 0.1) is 5.56 Å². The molecule has 0 radical (unpaired) electrons. The molecule has 1 aliphatic rings. The number of rotatable bonds is 1. The summed E-state index contributed by atoms with van der Waals surface area (Å²) >= 11 is 5.38. The Labute approximate surface area is 91.1 Å². The van der Waals surface area contributed by atoms with Gasteiger partial charge in [0.25, 0.3) is 0 Å². The van der Waals surface area contributed by atoms with Crippen LogP contribution in [0.15, 0.2) is 18.2 Å². The number of anilines is 1. The number of aromatic carboxylic acids is 1. The lowest BCUT2D eigenvalue weighted by atomic mass is 10.1. The minimum absolute atomic E-state index is 0.234. The minimum atomic E-state index is -0.964. The Bertz CT molecular complexity index is 444. The van der Waals surface area contributed by atoms with Crippen LogP contribution in [0.4, 0.5) is 10.5 Å². The van der Waals surface area contributed by atoms with Crippen molar-refractivity contribution in [2.75, 3.05) is 11.4 Å². The van der Waals surface area contributed by atoms with E-state index in [1.807, 2.05) is 0 Å². The quantitative estimate of drug-likeness (QED) is 0.588. The summed E-state index contributed by atoms with van der Waals surface area (Å²) < 4.78 is 0. The molecule has 4 nitrogen and oxygen atoms in total. The lowest BCUT2D eigenvalue weighted by Crippen LogP contribution is -2.22. The third-order valence-corrected chi connectivity index (χ3v) is 2.64. The summed E-state index contributed by atoms with van der Waals surface area (Å²) in [6.07, 6.45) is 0.648. The number of carbonyl (C=O) groups excluding carboxylic acids is 1. The van der Waals surface area contributed by atoms with E-state index in [9.17, 15) is 9.59 Å². The summed E-state index contributed by atoms with van der Waals surface area (Å²) in [5, 5.41) is 8.25. The standard InChI is InChI=1S/C10H8ClNO3/c11-10(15)12-4-3-6-5-7(9(13)14)1-2-8(6)12/h1-2,5H,3-4H2,(H,13,14). The summed E-state index contributed by atoms with van der Waals surface area (Å²) in [4.78, 5) is 23.1. The van der Waals surface area contributed by atoms with Gasteiger partial charge in [-0.05, 0) is 41.8 Å². The average Bonchev–Trinajstić information content (AvgIpc) is 2.59. The first-order chi connectivity index (χ1) is 7.09. The molecule has 0 aliphatic carbocycles. The number of halogens is 1. The van der Waals surface area contributed by atoms with Crippen LogP contribution in [0.2, 0.25) is 0 Å². The molecule has 0 saturated heterocycles. The third-order valence-electron chi connectivity index (χ3n) is 2.43. The fraction of sp³-hybridized carbons (Fsp3) is 0.200. The Hall–Kier alpha value is -1.55. The van der Waals surface area contributed by atoms with Crippen molar-refractivity contribution in [3.8, 4) is 0 Å². The average molecular weight is 226 g/mol. The van der Waals surface area contributed by atoms with Gasteiger partial charge in [-0.1, -0.05) is 0 Å². The van der Waals surface area contributed by atoms with Gasteiger partial charge in [0.15, 0.2) is 0 Å². The summed E-state index contributed by atoms with van der Waals surface area (Å²) in [7, 11) is 0. The third kappa shape index (κ3) is 1.68. The van der Waals surface area contributed by atoms with E-state index < -0.39 is 11.3 Å². The second-order valence-corrected chi connectivity index (χ2v) is 3.63. The molecular weight excluding hydrogens is 218 g/mol. The number of nitrogens with zero attached hydrogens (tertiary/aromatic N) is 1. The van der Waals surface area contributed by atoms with Gasteiger partial charge in [-0.2, -0.15) is 0 Å². The number of hydrogen-bond donors (Lipinski definition) is 1. The van der Waals surface area contributed by atoms with Gasteiger partial charge >= 0.3 is 11.3 Å². The van der Waals surface area contributed by atoms with Crippen LogP contribution in [-0.2, 0) is 6.42 Å². The molecule has 0 unspecified atom stereocenters. The maximum absolute atomic E-state index is 11.0. The van der Waals surface area contributed by atoms with Crippen molar-refractivity contribution in [2.45, 2.75) is 6.42 Å². The van der Waals surface area contributed by atoms with E-state index in [0.717, 1.165) is 5.56 Å². The first kappa shape index (κ1) is 9.98. The molecule has 1 aliphatic heterocycles. The van der Waals surface area contributed by atoms with Gasteiger partial charge < -0.3 is 5.11 Å². The Morgan fingerprint density at radius 3 is 2.73 bits per heavy atom. The molecule has 1 aromatic carbocycles. The second kappa shape index (κ2) is 3.55. The molecule has 0 fully saturated rings. The zero-order valence-electron chi connectivity index (χ0n) is 7.74. The molecule has 1 N–H and O–H groups in total. The van der Waals surface area contributed by atoms with E-state index in [-0.39, 0.29) is 5.56 Å². The predicted molar refractivity (Wildman–Crippen MR) is 55.7 cm³/mol. The van der Waals surface area contributed by atoms with Gasteiger partial charge in [-0.3, -0.25) is 9.69 Å². The van der Waals surface area contributed by atoms with Crippen molar-refractivity contribution < 1.29 is 14.7 Å². The normalized spacial score (nSPS) is 13.8. The predicted octanol–water partition coefficient (Wildman–Crippen LogP) is 2.11. The smallest absolute Gasteiger partial charge is 0.335 e. The molecular formula is C10H8ClNO3. The monoisotopic (exact) mass is 225 g/mol. The molecule has 1 amide bonds. The molecule has 0 aromatic heterocycles. The van der Waals surface area contributed by atoms with Crippen molar-refractivity contribution in [2.24, 2.45) is 0 Å². The molecule has 0 spiro atoms. The van der Waals surface area contributed by atoms with E-state index in [0.29, 0.717) is 18.7 Å². The SMILES string of the molecule is O=C(O)c1ccc2c(c1)CCN2C(=O)Cl. The van der Waals surface area contributed by atoms with Gasteiger partial charge in [-0.15, -0.1) is 0 Å². The number of benzene rings is 1. The summed E-state index contributed by atoms with van der Waals surface area (Å²) in [6.45, 7) is 0.515. The Kier molecular flexibility index (Phi) is 2.36. The first-order valence-electron chi connectivity index (χ1n) is 4.43. The summed E-state index contributed by atoms with van der Waals surface area (Å²) in [6, 6.07) is 4.67. The zero-order chi connectivity index (χ0) is 11.0. The number of carboxylic acids is 1. The Morgan fingerprint density at radius 2 is 2.13 bits per heavy atom. The van der Waals surface area contributed by atoms with Crippen LogP contribution in [0.25, 0.3) is 0 Å². The van der Waals surface area contributed by atoms with E-state index in [1.54, 1.807) is 12.1 Å². The van der Waals surface area contributed by atoms with Gasteiger partial charge in [0.1, 0.15) is 0 Å². The Morgan fingerprint density at radius 1 is 1.40 bits per heavy atom. The molecule has 78 valence electrons. The van der Waals surface area contributed by atoms with Crippen LogP contribution >= 0.6 is 11.6 Å². The van der Waals surface area contributed by atoms with Crippen molar-refractivity contribution in [3.63, 3.8) is 0 Å². The lowest BCUT2D eigenvalue weighted by Gasteiger charge is -2.12. The first-order valence-corrected chi connectivity index (χ1v) is 4.80. The van der Waals surface area contributed by atoms with Crippen molar-refractivity contribution >= 4 is 28.6 Å². The van der Waals surface area contributed by atoms with Crippen LogP contribution < -0.4 is 4.90 Å². The highest BCUT2D eigenvalue weighted by Gasteiger charge is 2.23. The molecule has 1 heterocycles. The fourth-order valence-electron chi connectivity index (χ4n) is 1.72. The topological polar surface area (TPSA) is 57.6 Å². The van der Waals surface area contributed by atoms with Gasteiger partial charge in [-0.25, -0.2) is 4.79 Å². The van der Waals surface area contributed by atoms with Crippen LogP contribution in [-0.4, -0.2) is 23.0 Å². The zero-order valence-corrected chi connectivity index (χ0v) is 8.49. The highest BCUT2D eigenvalue weighted by atomic mass is 35.5. The van der Waals surface area contributed by atoms with Crippen molar-refractivity contribution in [3.05, 3.63) is 29.3 Å². The van der Waals surface area contributed by atoms with Crippen LogP contribution in [0.1, 0.15) is 15.9 Å². The molecule has 15 heavy (non-hydrogen) atoms. The number of amides is 1. The molecule has 2 rings (SSSR count). The van der Waals surface area contributed by atoms with Crippen LogP contribution in [0, 0.1) is 0 Å². The van der Waals surface area contributed by atoms with Crippen LogP contribution in [0.5, 0.6) is 0 Å². The fourth-order valence-corrected chi connectivity index (χ4v) is 1.89. The molecule has 5 heteroatoms. The second-order valence-electron chi connectivity index (χ2n) is 3.30. The maximum Gasteiger partial charge on any atom is 0.335 e. The highest BCUT2D eigenvalue weighted by Crippen LogP contribution is 2.29. The molecule has 0 bridgehead atoms. The van der Waals surface area contributed by atoms with Gasteiger partial charge in [0.2, 0.25) is 0 Å². The number of hydrogen-bond acceptors (Lipinski definition) is 2. The Balaban J connectivity index is 2.42. The van der Waals surface area contributed by atoms with Crippen molar-refractivity contribution in [1.29, 1.82) is 0 Å². The largest absolute Gasteiger partial charge is 0.478 e. The molecule has 1 aromatic rings. The van der Waals surface area contributed by atoms with Crippen LogP contribution in [0.3, 0.4) is 0 Å². The van der Waals surface area contributed by atoms with Gasteiger partial charge in [0, 0.05) is 12.2 Å². The van der Waals surface area contributed by atoms with E-state index in [4.69, 9.17) is 16.7 Å². The minimum Gasteiger partial charge on any atom is -0.478 e. The summed E-state index contributed by atoms with van der Waals surface area (Å²) in [5.74, 6) is -0.964. The number of carbonyl (C=O) groups is 2. The van der Waals surface area contributed by atoms with E-state index in [1.165, 1.54) is 11.0 Å². The summed E-state index contributed by atoms with van der Waals surface area (Å²) in [5.41, 5.74) is 1.79. The number of fused-ring (bicyclic) bond motifs is 1. The highest BCUT2D eigenvalue weighted by molar-refractivity contribution is 6.66. The van der Waals surface area contributed by atoms with E-state index in [2.05, 4.69) is 0 Å². The lowest BCUT2D eigenvalue weighted by molar-refractivity contribution is 0.0697.